The number of nitro benzene ring substituents is 1. The molecule has 0 saturated carbocycles. The van der Waals surface area contributed by atoms with Gasteiger partial charge in [-0.3, -0.25) is 25.3 Å². The van der Waals surface area contributed by atoms with Crippen LogP contribution in [0.15, 0.2) is 42.7 Å². The minimum absolute atomic E-state index is 0.111. The maximum atomic E-state index is 11.8. The summed E-state index contributed by atoms with van der Waals surface area (Å²) in [6.45, 7) is 0. The first kappa shape index (κ1) is 16.7. The molecule has 0 atom stereocenters. The summed E-state index contributed by atoms with van der Waals surface area (Å²) in [5.41, 5.74) is 4.71. The van der Waals surface area contributed by atoms with Crippen molar-refractivity contribution in [2.75, 3.05) is 12.4 Å². The zero-order valence-corrected chi connectivity index (χ0v) is 12.5. The van der Waals surface area contributed by atoms with E-state index in [1.165, 1.54) is 49.8 Å². The third-order valence-electron chi connectivity index (χ3n) is 2.88. The number of nitrogens with zero attached hydrogens (tertiary/aromatic N) is 2. The molecule has 2 aromatic rings. The molecule has 0 aliphatic rings. The topological polar surface area (TPSA) is 135 Å². The summed E-state index contributed by atoms with van der Waals surface area (Å²) in [5, 5.41) is 13.1. The van der Waals surface area contributed by atoms with E-state index in [2.05, 4.69) is 21.2 Å². The van der Waals surface area contributed by atoms with Gasteiger partial charge < -0.3 is 10.1 Å². The number of methoxy groups -OCH3 is 1. The van der Waals surface area contributed by atoms with Crippen LogP contribution in [0.3, 0.4) is 0 Å². The molecular formula is C14H13N5O5. The van der Waals surface area contributed by atoms with Gasteiger partial charge in [0, 0.05) is 24.0 Å². The molecule has 2 rings (SSSR count). The molecule has 10 heteroatoms. The van der Waals surface area contributed by atoms with Crippen molar-refractivity contribution in [3.8, 4) is 5.75 Å². The molecule has 0 aliphatic carbocycles. The fraction of sp³-hybridized carbons (Fsp3) is 0.0714. The summed E-state index contributed by atoms with van der Waals surface area (Å²) in [6.07, 6.45) is 2.88. The Kier molecular flexibility index (Phi) is 5.24. The number of amides is 3. The number of ether oxygens (including phenoxy) is 1. The third-order valence-corrected chi connectivity index (χ3v) is 2.88. The van der Waals surface area contributed by atoms with Crippen LogP contribution in [0.25, 0.3) is 0 Å². The van der Waals surface area contributed by atoms with Gasteiger partial charge in [-0.1, -0.05) is 0 Å². The summed E-state index contributed by atoms with van der Waals surface area (Å²) in [6, 6.07) is 5.92. The van der Waals surface area contributed by atoms with E-state index in [0.29, 0.717) is 5.56 Å². The number of hydrogen-bond acceptors (Lipinski definition) is 6. The number of carbonyl (C=O) groups excluding carboxylic acids is 2. The second-order valence-corrected chi connectivity index (χ2v) is 4.41. The highest BCUT2D eigenvalue weighted by atomic mass is 16.6. The highest BCUT2D eigenvalue weighted by Gasteiger charge is 2.14. The maximum Gasteiger partial charge on any atom is 0.338 e. The van der Waals surface area contributed by atoms with Crippen LogP contribution in [-0.4, -0.2) is 29.0 Å². The number of pyridine rings is 1. The van der Waals surface area contributed by atoms with Gasteiger partial charge in [0.25, 0.3) is 11.6 Å². The zero-order valence-electron chi connectivity index (χ0n) is 12.5. The molecule has 24 heavy (non-hydrogen) atoms. The fourth-order valence-corrected chi connectivity index (χ4v) is 1.74. The van der Waals surface area contributed by atoms with Crippen LogP contribution in [0.2, 0.25) is 0 Å². The first-order valence-electron chi connectivity index (χ1n) is 6.61. The Morgan fingerprint density at radius 1 is 1.17 bits per heavy atom. The van der Waals surface area contributed by atoms with Crippen LogP contribution in [0.1, 0.15) is 10.4 Å². The van der Waals surface area contributed by atoms with Gasteiger partial charge in [-0.15, -0.1) is 0 Å². The molecule has 10 nitrogen and oxygen atoms in total. The SMILES string of the molecule is COc1cc([N+](=O)[O-])ccc1NC(=O)NNC(=O)c1ccncc1. The van der Waals surface area contributed by atoms with Gasteiger partial charge in [-0.05, 0) is 18.2 Å². The van der Waals surface area contributed by atoms with Gasteiger partial charge in [0.05, 0.1) is 23.8 Å². The van der Waals surface area contributed by atoms with Crippen LogP contribution >= 0.6 is 0 Å². The van der Waals surface area contributed by atoms with Gasteiger partial charge in [-0.2, -0.15) is 0 Å². The first-order valence-corrected chi connectivity index (χ1v) is 6.61. The van der Waals surface area contributed by atoms with Crippen LogP contribution < -0.4 is 20.9 Å². The van der Waals surface area contributed by atoms with Crippen molar-refractivity contribution in [3.05, 3.63) is 58.4 Å². The number of rotatable bonds is 4. The predicted octanol–water partition coefficient (Wildman–Crippen LogP) is 1.46. The second-order valence-electron chi connectivity index (χ2n) is 4.41. The number of non-ortho nitro benzene ring substituents is 1. The fourth-order valence-electron chi connectivity index (χ4n) is 1.74. The van der Waals surface area contributed by atoms with Gasteiger partial charge in [0.15, 0.2) is 0 Å². The zero-order chi connectivity index (χ0) is 17.5. The number of nitrogens with one attached hydrogen (secondary N) is 3. The molecule has 0 aliphatic heterocycles. The molecule has 0 bridgehead atoms. The monoisotopic (exact) mass is 331 g/mol. The molecule has 0 unspecified atom stereocenters. The van der Waals surface area contributed by atoms with Crippen molar-refractivity contribution in [3.63, 3.8) is 0 Å². The van der Waals surface area contributed by atoms with Crippen LogP contribution in [-0.2, 0) is 0 Å². The first-order chi connectivity index (χ1) is 11.5. The molecular weight excluding hydrogens is 318 g/mol. The van der Waals surface area contributed by atoms with E-state index >= 15 is 0 Å². The molecule has 0 spiro atoms. The Morgan fingerprint density at radius 3 is 2.50 bits per heavy atom. The minimum Gasteiger partial charge on any atom is -0.494 e. The van der Waals surface area contributed by atoms with E-state index in [1.807, 2.05) is 0 Å². The van der Waals surface area contributed by atoms with Gasteiger partial charge in [-0.25, -0.2) is 10.2 Å². The van der Waals surface area contributed by atoms with Crippen molar-refractivity contribution >= 4 is 23.3 Å². The predicted molar refractivity (Wildman–Crippen MR) is 83.5 cm³/mol. The van der Waals surface area contributed by atoms with E-state index in [0.717, 1.165) is 0 Å². The van der Waals surface area contributed by atoms with E-state index in [4.69, 9.17) is 4.74 Å². The molecule has 0 saturated heterocycles. The number of aromatic nitrogens is 1. The van der Waals surface area contributed by atoms with Crippen LogP contribution in [0.5, 0.6) is 5.75 Å². The number of carbonyl (C=O) groups is 2. The lowest BCUT2D eigenvalue weighted by molar-refractivity contribution is -0.384. The van der Waals surface area contributed by atoms with Crippen LogP contribution in [0.4, 0.5) is 16.2 Å². The standard InChI is InChI=1S/C14H13N5O5/c1-24-12-8-10(19(22)23)2-3-11(12)16-14(21)18-17-13(20)9-4-6-15-7-5-9/h2-8H,1H3,(H,17,20)(H2,16,18,21). The number of hydrogen-bond donors (Lipinski definition) is 3. The second kappa shape index (κ2) is 7.54. The molecule has 3 N–H and O–H groups in total. The highest BCUT2D eigenvalue weighted by Crippen LogP contribution is 2.28. The van der Waals surface area contributed by atoms with Crippen molar-refractivity contribution < 1.29 is 19.2 Å². The lowest BCUT2D eigenvalue weighted by Crippen LogP contribution is -2.43. The lowest BCUT2D eigenvalue weighted by atomic mass is 10.2. The molecule has 124 valence electrons. The summed E-state index contributed by atoms with van der Waals surface area (Å²) < 4.78 is 4.99. The van der Waals surface area contributed by atoms with E-state index in [1.54, 1.807) is 0 Å². The quantitative estimate of drug-likeness (QED) is 0.573. The third kappa shape index (κ3) is 4.16. The Balaban J connectivity index is 1.97. The van der Waals surface area contributed by atoms with E-state index < -0.39 is 16.9 Å². The largest absolute Gasteiger partial charge is 0.494 e. The van der Waals surface area contributed by atoms with Crippen molar-refractivity contribution in [2.24, 2.45) is 0 Å². The number of urea groups is 1. The molecule has 3 amide bonds. The molecule has 0 fully saturated rings. The van der Waals surface area contributed by atoms with Crippen molar-refractivity contribution in [1.82, 2.24) is 15.8 Å². The molecule has 0 radical (unpaired) electrons. The van der Waals surface area contributed by atoms with E-state index in [9.17, 15) is 19.7 Å². The summed E-state index contributed by atoms with van der Waals surface area (Å²) in [7, 11) is 1.31. The van der Waals surface area contributed by atoms with Gasteiger partial charge in [0.1, 0.15) is 5.75 Å². The normalized spacial score (nSPS) is 9.71. The Hall–Kier alpha value is -3.69. The maximum absolute atomic E-state index is 11.8. The van der Waals surface area contributed by atoms with Crippen molar-refractivity contribution in [1.29, 1.82) is 0 Å². The Labute approximate surface area is 136 Å². The average Bonchev–Trinajstić information content (AvgIpc) is 2.60. The average molecular weight is 331 g/mol. The summed E-state index contributed by atoms with van der Waals surface area (Å²) in [4.78, 5) is 37.5. The Bertz CT molecular complexity index is 765. The summed E-state index contributed by atoms with van der Waals surface area (Å²) >= 11 is 0. The van der Waals surface area contributed by atoms with E-state index in [-0.39, 0.29) is 17.1 Å². The smallest absolute Gasteiger partial charge is 0.338 e. The number of nitro groups is 1. The number of benzene rings is 1. The highest BCUT2D eigenvalue weighted by molar-refractivity contribution is 5.97. The Morgan fingerprint density at radius 2 is 1.88 bits per heavy atom. The minimum atomic E-state index is -0.746. The molecule has 1 heterocycles. The van der Waals surface area contributed by atoms with Gasteiger partial charge >= 0.3 is 6.03 Å². The molecule has 1 aromatic carbocycles. The molecule has 1 aromatic heterocycles. The van der Waals surface area contributed by atoms with Crippen molar-refractivity contribution in [2.45, 2.75) is 0 Å². The number of hydrazine groups is 1. The number of anilines is 1. The van der Waals surface area contributed by atoms with Crippen LogP contribution in [0, 0.1) is 10.1 Å². The summed E-state index contributed by atoms with van der Waals surface area (Å²) in [5.74, 6) is -0.414. The lowest BCUT2D eigenvalue weighted by Gasteiger charge is -2.11. The van der Waals surface area contributed by atoms with Gasteiger partial charge in [0.2, 0.25) is 0 Å².